The average Bonchev–Trinajstić information content (AvgIpc) is 3.18. The summed E-state index contributed by atoms with van der Waals surface area (Å²) in [5.74, 6) is -0.960. The number of aliphatic hydroxyl groups is 1. The SMILES string of the molecule is Cc1cc(OCc2ccccc2)ccc1/C(O)=C1\C(=O)C(=O)N(Cc2cccnc2)[C@@H]1c1cccc(Br)c1. The highest BCUT2D eigenvalue weighted by atomic mass is 79.9. The second-order valence-electron chi connectivity index (χ2n) is 9.09. The number of halogens is 1. The number of ether oxygens (including phenoxy) is 1. The van der Waals surface area contributed by atoms with Crippen LogP contribution in [0.15, 0.2) is 107 Å². The van der Waals surface area contributed by atoms with Crippen LogP contribution >= 0.6 is 15.9 Å². The molecule has 38 heavy (non-hydrogen) atoms. The smallest absolute Gasteiger partial charge is 0.295 e. The first kappa shape index (κ1) is 25.4. The monoisotopic (exact) mass is 568 g/mol. The molecule has 3 aromatic carbocycles. The molecule has 7 heteroatoms. The summed E-state index contributed by atoms with van der Waals surface area (Å²) >= 11 is 3.49. The van der Waals surface area contributed by atoms with Crippen molar-refractivity contribution in [3.63, 3.8) is 0 Å². The van der Waals surface area contributed by atoms with E-state index in [0.29, 0.717) is 23.5 Å². The van der Waals surface area contributed by atoms with Crippen molar-refractivity contribution < 1.29 is 19.4 Å². The fraction of sp³-hybridized carbons (Fsp3) is 0.129. The normalized spacial score (nSPS) is 16.6. The van der Waals surface area contributed by atoms with Crippen LogP contribution in [0.5, 0.6) is 5.75 Å². The molecule has 1 aliphatic heterocycles. The summed E-state index contributed by atoms with van der Waals surface area (Å²) in [7, 11) is 0. The van der Waals surface area contributed by atoms with E-state index in [4.69, 9.17) is 4.74 Å². The molecule has 1 aromatic heterocycles. The van der Waals surface area contributed by atoms with E-state index in [0.717, 1.165) is 21.2 Å². The second kappa shape index (κ2) is 11.0. The van der Waals surface area contributed by atoms with Crippen molar-refractivity contribution >= 4 is 33.4 Å². The molecular weight excluding hydrogens is 544 g/mol. The highest BCUT2D eigenvalue weighted by Crippen LogP contribution is 2.41. The largest absolute Gasteiger partial charge is 0.507 e. The first-order valence-corrected chi connectivity index (χ1v) is 12.9. The number of likely N-dealkylation sites (tertiary alicyclic amines) is 1. The number of hydrogen-bond donors (Lipinski definition) is 1. The number of benzene rings is 3. The Hall–Kier alpha value is -4.23. The Morgan fingerprint density at radius 2 is 1.76 bits per heavy atom. The van der Waals surface area contributed by atoms with Gasteiger partial charge in [0.15, 0.2) is 0 Å². The molecule has 0 saturated carbocycles. The minimum atomic E-state index is -0.763. The van der Waals surface area contributed by atoms with E-state index in [2.05, 4.69) is 20.9 Å². The molecule has 1 fully saturated rings. The van der Waals surface area contributed by atoms with Gasteiger partial charge in [-0.3, -0.25) is 14.6 Å². The van der Waals surface area contributed by atoms with Gasteiger partial charge in [-0.05, 0) is 65.6 Å². The van der Waals surface area contributed by atoms with Gasteiger partial charge in [-0.15, -0.1) is 0 Å². The Bertz CT molecular complexity index is 1520. The van der Waals surface area contributed by atoms with E-state index >= 15 is 0 Å². The predicted octanol–water partition coefficient (Wildman–Crippen LogP) is 6.35. The quantitative estimate of drug-likeness (QED) is 0.159. The zero-order valence-corrected chi connectivity index (χ0v) is 22.3. The maximum absolute atomic E-state index is 13.4. The molecule has 4 aromatic rings. The van der Waals surface area contributed by atoms with Gasteiger partial charge in [-0.1, -0.05) is 64.5 Å². The first-order valence-electron chi connectivity index (χ1n) is 12.1. The molecular formula is C31H25BrN2O4. The Morgan fingerprint density at radius 3 is 2.47 bits per heavy atom. The van der Waals surface area contributed by atoms with Gasteiger partial charge in [0, 0.05) is 29.0 Å². The number of carbonyl (C=O) groups is 2. The number of hydrogen-bond acceptors (Lipinski definition) is 5. The molecule has 0 spiro atoms. The fourth-order valence-electron chi connectivity index (χ4n) is 4.63. The lowest BCUT2D eigenvalue weighted by Crippen LogP contribution is -2.29. The highest BCUT2D eigenvalue weighted by molar-refractivity contribution is 9.10. The standard InChI is InChI=1S/C31H25BrN2O4/c1-20-15-25(38-19-21-7-3-2-4-8-21)12-13-26(20)29(35)27-28(23-10-5-11-24(32)16-23)34(31(37)30(27)36)18-22-9-6-14-33-17-22/h2-17,28,35H,18-19H2,1H3/b29-27+/t28-/m1/s1. The summed E-state index contributed by atoms with van der Waals surface area (Å²) in [4.78, 5) is 32.2. The topological polar surface area (TPSA) is 79.7 Å². The van der Waals surface area contributed by atoms with Crippen molar-refractivity contribution in [1.29, 1.82) is 0 Å². The third-order valence-electron chi connectivity index (χ3n) is 6.48. The van der Waals surface area contributed by atoms with Gasteiger partial charge in [0.2, 0.25) is 0 Å². The first-order chi connectivity index (χ1) is 18.4. The molecule has 0 radical (unpaired) electrons. The summed E-state index contributed by atoms with van der Waals surface area (Å²) in [6, 6.07) is 25.4. The highest BCUT2D eigenvalue weighted by Gasteiger charge is 2.46. The zero-order valence-electron chi connectivity index (χ0n) is 20.7. The number of aliphatic hydroxyl groups excluding tert-OH is 1. The van der Waals surface area contributed by atoms with Gasteiger partial charge in [0.1, 0.15) is 18.1 Å². The maximum Gasteiger partial charge on any atom is 0.295 e. The van der Waals surface area contributed by atoms with Gasteiger partial charge in [0.05, 0.1) is 11.6 Å². The van der Waals surface area contributed by atoms with Crippen LogP contribution < -0.4 is 4.74 Å². The number of nitrogens with zero attached hydrogens (tertiary/aromatic N) is 2. The molecule has 1 N–H and O–H groups in total. The Balaban J connectivity index is 1.52. The lowest BCUT2D eigenvalue weighted by Gasteiger charge is -2.25. The van der Waals surface area contributed by atoms with Crippen LogP contribution in [-0.4, -0.2) is 26.7 Å². The van der Waals surface area contributed by atoms with E-state index in [9.17, 15) is 14.7 Å². The van der Waals surface area contributed by atoms with E-state index < -0.39 is 17.7 Å². The molecule has 6 nitrogen and oxygen atoms in total. The lowest BCUT2D eigenvalue weighted by atomic mass is 9.94. The van der Waals surface area contributed by atoms with Crippen LogP contribution in [0.3, 0.4) is 0 Å². The number of amides is 1. The molecule has 1 aliphatic rings. The number of rotatable bonds is 7. The molecule has 0 bridgehead atoms. The predicted molar refractivity (Wildman–Crippen MR) is 148 cm³/mol. The fourth-order valence-corrected chi connectivity index (χ4v) is 5.05. The molecule has 1 amide bonds. The number of Topliss-reactive ketones (excluding diaryl/α,β-unsaturated/α-hetero) is 1. The van der Waals surface area contributed by atoms with Gasteiger partial charge < -0.3 is 14.7 Å². The number of carbonyl (C=O) groups excluding carboxylic acids is 2. The number of ketones is 1. The number of aryl methyl sites for hydroxylation is 1. The lowest BCUT2D eigenvalue weighted by molar-refractivity contribution is -0.140. The third kappa shape index (κ3) is 5.24. The van der Waals surface area contributed by atoms with Crippen molar-refractivity contribution in [3.8, 4) is 5.75 Å². The minimum Gasteiger partial charge on any atom is -0.507 e. The molecule has 1 atom stereocenters. The van der Waals surface area contributed by atoms with Crippen LogP contribution in [0.1, 0.15) is 33.9 Å². The average molecular weight is 569 g/mol. The Kier molecular flexibility index (Phi) is 7.38. The summed E-state index contributed by atoms with van der Waals surface area (Å²) < 4.78 is 6.72. The number of pyridine rings is 1. The van der Waals surface area contributed by atoms with Crippen molar-refractivity contribution in [2.75, 3.05) is 0 Å². The van der Waals surface area contributed by atoms with Gasteiger partial charge in [-0.2, -0.15) is 0 Å². The van der Waals surface area contributed by atoms with Gasteiger partial charge in [-0.25, -0.2) is 0 Å². The van der Waals surface area contributed by atoms with Crippen molar-refractivity contribution in [2.24, 2.45) is 0 Å². The van der Waals surface area contributed by atoms with E-state index in [1.165, 1.54) is 4.90 Å². The van der Waals surface area contributed by atoms with E-state index in [1.807, 2.05) is 73.7 Å². The van der Waals surface area contributed by atoms with Gasteiger partial charge >= 0.3 is 0 Å². The van der Waals surface area contributed by atoms with Crippen LogP contribution in [0.2, 0.25) is 0 Å². The molecule has 0 aliphatic carbocycles. The summed E-state index contributed by atoms with van der Waals surface area (Å²) in [6.07, 6.45) is 3.31. The van der Waals surface area contributed by atoms with Crippen LogP contribution in [0.25, 0.3) is 5.76 Å². The van der Waals surface area contributed by atoms with Crippen LogP contribution in [-0.2, 0) is 22.7 Å². The second-order valence-corrected chi connectivity index (χ2v) is 10.0. The van der Waals surface area contributed by atoms with Crippen LogP contribution in [0, 0.1) is 6.92 Å². The molecule has 5 rings (SSSR count). The van der Waals surface area contributed by atoms with E-state index in [1.54, 1.807) is 30.6 Å². The van der Waals surface area contributed by atoms with Crippen molar-refractivity contribution in [2.45, 2.75) is 26.1 Å². The molecule has 2 heterocycles. The minimum absolute atomic E-state index is 0.0537. The van der Waals surface area contributed by atoms with Crippen molar-refractivity contribution in [1.82, 2.24) is 9.88 Å². The zero-order chi connectivity index (χ0) is 26.6. The maximum atomic E-state index is 13.4. The third-order valence-corrected chi connectivity index (χ3v) is 6.97. The van der Waals surface area contributed by atoms with E-state index in [-0.39, 0.29) is 17.9 Å². The van der Waals surface area contributed by atoms with Crippen LogP contribution in [0.4, 0.5) is 0 Å². The Morgan fingerprint density at radius 1 is 0.974 bits per heavy atom. The van der Waals surface area contributed by atoms with Crippen molar-refractivity contribution in [3.05, 3.63) is 135 Å². The molecule has 0 unspecified atom stereocenters. The molecule has 1 saturated heterocycles. The summed E-state index contributed by atoms with van der Waals surface area (Å²) in [6.45, 7) is 2.43. The number of aromatic nitrogens is 1. The molecule has 190 valence electrons. The van der Waals surface area contributed by atoms with Gasteiger partial charge in [0.25, 0.3) is 11.7 Å². The Labute approximate surface area is 229 Å². The summed E-state index contributed by atoms with van der Waals surface area (Å²) in [5.41, 5.74) is 3.78. The summed E-state index contributed by atoms with van der Waals surface area (Å²) in [5, 5.41) is 11.5.